The standard InChI is InChI=1S/C13H23NO4/c1-8(2)9-6-14(7-10(9)11(15)16)12(17)18-13(3,4)5/h8-10H,6-7H2,1-5H3,(H,15,16)/t9-,10-/m0/s1. The van der Waals surface area contributed by atoms with Crippen molar-refractivity contribution in [3.05, 3.63) is 0 Å². The van der Waals surface area contributed by atoms with Crippen LogP contribution in [0.4, 0.5) is 4.79 Å². The molecule has 0 bridgehead atoms. The highest BCUT2D eigenvalue weighted by Gasteiger charge is 2.42. The van der Waals surface area contributed by atoms with Crippen molar-refractivity contribution in [2.75, 3.05) is 13.1 Å². The molecule has 0 radical (unpaired) electrons. The Morgan fingerprint density at radius 1 is 1.28 bits per heavy atom. The minimum absolute atomic E-state index is 0.00461. The molecule has 1 aliphatic rings. The first kappa shape index (κ1) is 14.8. The molecule has 0 aromatic heterocycles. The minimum Gasteiger partial charge on any atom is -0.481 e. The van der Waals surface area contributed by atoms with Gasteiger partial charge >= 0.3 is 12.1 Å². The lowest BCUT2D eigenvalue weighted by Crippen LogP contribution is -2.36. The number of carboxylic acid groups (broad SMARTS) is 1. The first-order valence-electron chi connectivity index (χ1n) is 6.32. The van der Waals surface area contributed by atoms with Crippen molar-refractivity contribution in [2.24, 2.45) is 17.8 Å². The highest BCUT2D eigenvalue weighted by atomic mass is 16.6. The van der Waals surface area contributed by atoms with Gasteiger partial charge in [0.15, 0.2) is 0 Å². The second-order valence-corrected chi connectivity index (χ2v) is 6.24. The van der Waals surface area contributed by atoms with Crippen molar-refractivity contribution in [1.82, 2.24) is 4.90 Å². The predicted octanol–water partition coefficient (Wildman–Crippen LogP) is 2.21. The molecule has 1 heterocycles. The van der Waals surface area contributed by atoms with Gasteiger partial charge in [-0.1, -0.05) is 13.8 Å². The van der Waals surface area contributed by atoms with Gasteiger partial charge in [0.2, 0.25) is 0 Å². The van der Waals surface area contributed by atoms with Crippen LogP contribution in [0.3, 0.4) is 0 Å². The maximum absolute atomic E-state index is 11.9. The molecule has 0 saturated carbocycles. The van der Waals surface area contributed by atoms with Crippen molar-refractivity contribution in [2.45, 2.75) is 40.2 Å². The minimum atomic E-state index is -0.834. The fraction of sp³-hybridized carbons (Fsp3) is 0.846. The van der Waals surface area contributed by atoms with E-state index in [4.69, 9.17) is 4.74 Å². The van der Waals surface area contributed by atoms with Gasteiger partial charge in [0.1, 0.15) is 5.60 Å². The maximum atomic E-state index is 11.9. The van der Waals surface area contributed by atoms with Gasteiger partial charge in [-0.15, -0.1) is 0 Å². The zero-order chi connectivity index (χ0) is 14.1. The lowest BCUT2D eigenvalue weighted by molar-refractivity contribution is -0.142. The third-order valence-electron chi connectivity index (χ3n) is 3.19. The molecule has 0 aliphatic carbocycles. The van der Waals surface area contributed by atoms with Crippen LogP contribution in [-0.4, -0.2) is 40.8 Å². The highest BCUT2D eigenvalue weighted by molar-refractivity contribution is 5.74. The number of carbonyl (C=O) groups is 2. The number of hydrogen-bond acceptors (Lipinski definition) is 3. The van der Waals surface area contributed by atoms with E-state index in [0.717, 1.165) is 0 Å². The summed E-state index contributed by atoms with van der Waals surface area (Å²) >= 11 is 0. The van der Waals surface area contributed by atoms with Crippen LogP contribution in [0.2, 0.25) is 0 Å². The Bertz CT molecular complexity index is 332. The van der Waals surface area contributed by atoms with Crippen LogP contribution in [0.5, 0.6) is 0 Å². The van der Waals surface area contributed by atoms with Gasteiger partial charge < -0.3 is 14.7 Å². The maximum Gasteiger partial charge on any atom is 0.410 e. The van der Waals surface area contributed by atoms with E-state index >= 15 is 0 Å². The zero-order valence-electron chi connectivity index (χ0n) is 11.8. The molecular weight excluding hydrogens is 234 g/mol. The van der Waals surface area contributed by atoms with Crippen molar-refractivity contribution in [1.29, 1.82) is 0 Å². The summed E-state index contributed by atoms with van der Waals surface area (Å²) in [7, 11) is 0. The molecule has 5 nitrogen and oxygen atoms in total. The number of likely N-dealkylation sites (tertiary alicyclic amines) is 1. The molecule has 0 unspecified atom stereocenters. The van der Waals surface area contributed by atoms with Crippen molar-refractivity contribution in [3.63, 3.8) is 0 Å². The lowest BCUT2D eigenvalue weighted by atomic mass is 9.86. The second-order valence-electron chi connectivity index (χ2n) is 6.24. The van der Waals surface area contributed by atoms with Crippen LogP contribution in [0.15, 0.2) is 0 Å². The molecule has 0 aromatic rings. The van der Waals surface area contributed by atoms with Crippen LogP contribution in [0.1, 0.15) is 34.6 Å². The summed E-state index contributed by atoms with van der Waals surface area (Å²) < 4.78 is 5.27. The van der Waals surface area contributed by atoms with E-state index in [2.05, 4.69) is 0 Å². The smallest absolute Gasteiger partial charge is 0.410 e. The molecule has 104 valence electrons. The average molecular weight is 257 g/mol. The SMILES string of the molecule is CC(C)[C@@H]1CN(C(=O)OC(C)(C)C)C[C@@H]1C(=O)O. The second kappa shape index (κ2) is 5.16. The molecule has 0 aromatic carbocycles. The van der Waals surface area contributed by atoms with E-state index in [1.165, 1.54) is 4.90 Å². The fourth-order valence-corrected chi connectivity index (χ4v) is 2.24. The highest BCUT2D eigenvalue weighted by Crippen LogP contribution is 2.30. The Morgan fingerprint density at radius 3 is 2.17 bits per heavy atom. The van der Waals surface area contributed by atoms with Gasteiger partial charge in [-0.3, -0.25) is 4.79 Å². The van der Waals surface area contributed by atoms with Crippen LogP contribution >= 0.6 is 0 Å². The number of hydrogen-bond donors (Lipinski definition) is 1. The van der Waals surface area contributed by atoms with E-state index in [1.54, 1.807) is 20.8 Å². The molecular formula is C13H23NO4. The summed E-state index contributed by atoms with van der Waals surface area (Å²) in [6.07, 6.45) is -0.420. The number of nitrogens with zero attached hydrogens (tertiary/aromatic N) is 1. The van der Waals surface area contributed by atoms with E-state index < -0.39 is 23.6 Å². The third kappa shape index (κ3) is 3.62. The number of rotatable bonds is 2. The molecule has 1 amide bonds. The molecule has 2 atom stereocenters. The number of carbonyl (C=O) groups excluding carboxylic acids is 1. The van der Waals surface area contributed by atoms with E-state index in [-0.39, 0.29) is 18.4 Å². The summed E-state index contributed by atoms with van der Waals surface area (Å²) in [5.41, 5.74) is -0.550. The van der Waals surface area contributed by atoms with Crippen LogP contribution in [0, 0.1) is 17.8 Å². The Balaban J connectivity index is 2.72. The Labute approximate surface area is 108 Å². The lowest BCUT2D eigenvalue weighted by Gasteiger charge is -2.24. The molecule has 1 saturated heterocycles. The summed E-state index contributed by atoms with van der Waals surface area (Å²) in [6.45, 7) is 10.1. The van der Waals surface area contributed by atoms with Crippen LogP contribution in [0.25, 0.3) is 0 Å². The summed E-state index contributed by atoms with van der Waals surface area (Å²) in [6, 6.07) is 0. The summed E-state index contributed by atoms with van der Waals surface area (Å²) in [5.74, 6) is -1.09. The molecule has 5 heteroatoms. The predicted molar refractivity (Wildman–Crippen MR) is 67.3 cm³/mol. The van der Waals surface area contributed by atoms with Gasteiger partial charge in [0, 0.05) is 13.1 Å². The van der Waals surface area contributed by atoms with Crippen LogP contribution in [-0.2, 0) is 9.53 Å². The first-order chi connectivity index (χ1) is 8.11. The molecule has 1 fully saturated rings. The van der Waals surface area contributed by atoms with E-state index in [9.17, 15) is 14.7 Å². The first-order valence-corrected chi connectivity index (χ1v) is 6.32. The molecule has 1 N–H and O–H groups in total. The Kier molecular flexibility index (Phi) is 4.24. The van der Waals surface area contributed by atoms with Gasteiger partial charge in [0.25, 0.3) is 0 Å². The Morgan fingerprint density at radius 2 is 1.83 bits per heavy atom. The zero-order valence-corrected chi connectivity index (χ0v) is 11.8. The monoisotopic (exact) mass is 257 g/mol. The fourth-order valence-electron chi connectivity index (χ4n) is 2.24. The van der Waals surface area contributed by atoms with E-state index in [0.29, 0.717) is 6.54 Å². The largest absolute Gasteiger partial charge is 0.481 e. The number of carboxylic acids is 1. The van der Waals surface area contributed by atoms with Gasteiger partial charge in [0.05, 0.1) is 5.92 Å². The van der Waals surface area contributed by atoms with Crippen LogP contribution < -0.4 is 0 Å². The quantitative estimate of drug-likeness (QED) is 0.823. The number of aliphatic carboxylic acids is 1. The average Bonchev–Trinajstić information content (AvgIpc) is 2.58. The van der Waals surface area contributed by atoms with E-state index in [1.807, 2.05) is 13.8 Å². The normalized spacial score (nSPS) is 24.4. The molecule has 0 spiro atoms. The van der Waals surface area contributed by atoms with Crippen molar-refractivity contribution in [3.8, 4) is 0 Å². The summed E-state index contributed by atoms with van der Waals surface area (Å²) in [5, 5.41) is 9.19. The molecule has 1 rings (SSSR count). The van der Waals surface area contributed by atoms with Crippen molar-refractivity contribution >= 4 is 12.1 Å². The summed E-state index contributed by atoms with van der Waals surface area (Å²) in [4.78, 5) is 24.6. The third-order valence-corrected chi connectivity index (χ3v) is 3.19. The number of ether oxygens (including phenoxy) is 1. The van der Waals surface area contributed by atoms with Gasteiger partial charge in [-0.2, -0.15) is 0 Å². The molecule has 18 heavy (non-hydrogen) atoms. The number of amides is 1. The Hall–Kier alpha value is -1.26. The van der Waals surface area contributed by atoms with Gasteiger partial charge in [-0.25, -0.2) is 4.79 Å². The topological polar surface area (TPSA) is 66.8 Å². The molecule has 1 aliphatic heterocycles. The van der Waals surface area contributed by atoms with Crippen molar-refractivity contribution < 1.29 is 19.4 Å². The van der Waals surface area contributed by atoms with Gasteiger partial charge in [-0.05, 0) is 32.6 Å².